The van der Waals surface area contributed by atoms with E-state index < -0.39 is 0 Å². The molecular formula is C19H23BrClNO. The van der Waals surface area contributed by atoms with Gasteiger partial charge in [0.15, 0.2) is 0 Å². The van der Waals surface area contributed by atoms with Crippen molar-refractivity contribution in [2.45, 2.75) is 26.8 Å². The maximum Gasteiger partial charge on any atom is 0.0638 e. The lowest BCUT2D eigenvalue weighted by Gasteiger charge is -2.32. The first-order valence-electron chi connectivity index (χ1n) is 7.72. The summed E-state index contributed by atoms with van der Waals surface area (Å²) in [4.78, 5) is 2.35. The number of hydrogen-bond acceptors (Lipinski definition) is 2. The van der Waals surface area contributed by atoms with E-state index in [9.17, 15) is 0 Å². The molecule has 2 aromatic carbocycles. The first-order chi connectivity index (χ1) is 10.9. The number of hydrogen-bond donors (Lipinski definition) is 0. The van der Waals surface area contributed by atoms with Crippen LogP contribution in [0.15, 0.2) is 40.9 Å². The lowest BCUT2D eigenvalue weighted by Crippen LogP contribution is -2.30. The Morgan fingerprint density at radius 3 is 2.48 bits per heavy atom. The van der Waals surface area contributed by atoms with Gasteiger partial charge in [-0.3, -0.25) is 0 Å². The van der Waals surface area contributed by atoms with E-state index in [1.165, 1.54) is 11.1 Å². The van der Waals surface area contributed by atoms with Crippen LogP contribution in [0.2, 0.25) is 5.02 Å². The number of rotatable bonds is 6. The third kappa shape index (κ3) is 4.50. The van der Waals surface area contributed by atoms with Crippen molar-refractivity contribution in [1.82, 2.24) is 0 Å². The highest BCUT2D eigenvalue weighted by atomic mass is 79.9. The van der Waals surface area contributed by atoms with Gasteiger partial charge in [0.05, 0.1) is 12.6 Å². The van der Waals surface area contributed by atoms with Crippen LogP contribution in [0.1, 0.15) is 29.7 Å². The summed E-state index contributed by atoms with van der Waals surface area (Å²) in [5, 5.41) is 0.797. The second-order valence-electron chi connectivity index (χ2n) is 5.80. The van der Waals surface area contributed by atoms with Gasteiger partial charge in [0.1, 0.15) is 0 Å². The minimum absolute atomic E-state index is 0.239. The van der Waals surface area contributed by atoms with Gasteiger partial charge < -0.3 is 9.64 Å². The Morgan fingerprint density at radius 1 is 1.13 bits per heavy atom. The van der Waals surface area contributed by atoms with E-state index in [4.69, 9.17) is 16.3 Å². The lowest BCUT2D eigenvalue weighted by molar-refractivity contribution is 0.203. The van der Waals surface area contributed by atoms with Crippen molar-refractivity contribution >= 4 is 33.2 Å². The molecule has 0 spiro atoms. The topological polar surface area (TPSA) is 12.5 Å². The van der Waals surface area contributed by atoms with Crippen LogP contribution in [0.4, 0.5) is 5.69 Å². The smallest absolute Gasteiger partial charge is 0.0638 e. The molecule has 0 bridgehead atoms. The molecule has 1 unspecified atom stereocenters. The molecule has 0 N–H and O–H groups in total. The maximum absolute atomic E-state index is 6.18. The van der Waals surface area contributed by atoms with Crippen LogP contribution in [0.3, 0.4) is 0 Å². The largest absolute Gasteiger partial charge is 0.383 e. The normalized spacial score (nSPS) is 12.3. The standard InChI is InChI=1S/C19H23BrClNO/c1-13-5-6-16(12-18(13)20)15(3)22(9-10-23-4)17-7-8-19(21)14(2)11-17/h5-8,11-12,15H,9-10H2,1-4H3. The Balaban J connectivity index is 2.36. The Labute approximate surface area is 152 Å². The minimum Gasteiger partial charge on any atom is -0.383 e. The second-order valence-corrected chi connectivity index (χ2v) is 7.07. The fourth-order valence-corrected chi connectivity index (χ4v) is 3.11. The summed E-state index contributed by atoms with van der Waals surface area (Å²) in [5.74, 6) is 0. The van der Waals surface area contributed by atoms with Crippen LogP contribution >= 0.6 is 27.5 Å². The highest BCUT2D eigenvalue weighted by Crippen LogP contribution is 2.31. The summed E-state index contributed by atoms with van der Waals surface area (Å²) >= 11 is 9.81. The van der Waals surface area contributed by atoms with Crippen LogP contribution in [0.25, 0.3) is 0 Å². The van der Waals surface area contributed by atoms with Crippen LogP contribution in [0.5, 0.6) is 0 Å². The van der Waals surface area contributed by atoms with Crippen molar-refractivity contribution in [3.63, 3.8) is 0 Å². The van der Waals surface area contributed by atoms with Gasteiger partial charge in [0.25, 0.3) is 0 Å². The molecule has 0 radical (unpaired) electrons. The molecule has 0 saturated heterocycles. The number of anilines is 1. The Kier molecular flexibility index (Phi) is 6.51. The van der Waals surface area contributed by atoms with Gasteiger partial charge in [-0.1, -0.05) is 39.7 Å². The van der Waals surface area contributed by atoms with E-state index in [0.29, 0.717) is 6.61 Å². The molecule has 0 aliphatic carbocycles. The zero-order valence-corrected chi connectivity index (χ0v) is 16.4. The molecule has 2 aromatic rings. The minimum atomic E-state index is 0.239. The van der Waals surface area contributed by atoms with E-state index in [-0.39, 0.29) is 6.04 Å². The molecule has 2 nitrogen and oxygen atoms in total. The zero-order valence-electron chi connectivity index (χ0n) is 14.1. The molecular weight excluding hydrogens is 374 g/mol. The Hall–Kier alpha value is -1.03. The van der Waals surface area contributed by atoms with Gasteiger partial charge in [0.2, 0.25) is 0 Å². The van der Waals surface area contributed by atoms with Crippen molar-refractivity contribution in [2.24, 2.45) is 0 Å². The van der Waals surface area contributed by atoms with Gasteiger partial charge in [-0.05, 0) is 61.7 Å². The number of halogens is 2. The number of ether oxygens (including phenoxy) is 1. The van der Waals surface area contributed by atoms with Crippen LogP contribution < -0.4 is 4.90 Å². The molecule has 4 heteroatoms. The fraction of sp³-hybridized carbons (Fsp3) is 0.368. The van der Waals surface area contributed by atoms with Gasteiger partial charge in [-0.2, -0.15) is 0 Å². The van der Waals surface area contributed by atoms with E-state index in [2.05, 4.69) is 65.0 Å². The predicted octanol–water partition coefficient (Wildman–Crippen LogP) is 5.93. The summed E-state index contributed by atoms with van der Waals surface area (Å²) in [6.45, 7) is 7.86. The average molecular weight is 397 g/mol. The van der Waals surface area contributed by atoms with Gasteiger partial charge in [-0.15, -0.1) is 0 Å². The van der Waals surface area contributed by atoms with Crippen LogP contribution in [-0.4, -0.2) is 20.3 Å². The van der Waals surface area contributed by atoms with Gasteiger partial charge in [-0.25, -0.2) is 0 Å². The number of nitrogens with zero attached hydrogens (tertiary/aromatic N) is 1. The van der Waals surface area contributed by atoms with Crippen LogP contribution in [0, 0.1) is 13.8 Å². The van der Waals surface area contributed by atoms with Crippen molar-refractivity contribution < 1.29 is 4.74 Å². The van der Waals surface area contributed by atoms with Crippen molar-refractivity contribution in [2.75, 3.05) is 25.2 Å². The molecule has 0 aliphatic heterocycles. The SMILES string of the molecule is COCCN(c1ccc(Cl)c(C)c1)C(C)c1ccc(C)c(Br)c1. The molecule has 2 rings (SSSR count). The molecule has 124 valence electrons. The quantitative estimate of drug-likeness (QED) is 0.599. The van der Waals surface area contributed by atoms with Crippen molar-refractivity contribution in [1.29, 1.82) is 0 Å². The summed E-state index contributed by atoms with van der Waals surface area (Å²) in [6, 6.07) is 12.9. The molecule has 0 fully saturated rings. The monoisotopic (exact) mass is 395 g/mol. The third-order valence-electron chi connectivity index (χ3n) is 4.16. The Bertz CT molecular complexity index is 674. The molecule has 0 aromatic heterocycles. The highest BCUT2D eigenvalue weighted by molar-refractivity contribution is 9.10. The molecule has 0 saturated carbocycles. The lowest BCUT2D eigenvalue weighted by atomic mass is 10.0. The Morgan fingerprint density at radius 2 is 1.87 bits per heavy atom. The number of methoxy groups -OCH3 is 1. The number of benzene rings is 2. The second kappa shape index (κ2) is 8.18. The molecule has 23 heavy (non-hydrogen) atoms. The van der Waals surface area contributed by atoms with Gasteiger partial charge in [0, 0.05) is 28.8 Å². The fourth-order valence-electron chi connectivity index (χ4n) is 2.59. The van der Waals surface area contributed by atoms with E-state index in [1.54, 1.807) is 7.11 Å². The first kappa shape index (κ1) is 18.3. The first-order valence-corrected chi connectivity index (χ1v) is 8.89. The van der Waals surface area contributed by atoms with Crippen LogP contribution in [-0.2, 0) is 4.74 Å². The van der Waals surface area contributed by atoms with E-state index in [1.807, 2.05) is 13.0 Å². The molecule has 0 aliphatic rings. The average Bonchev–Trinajstić information content (AvgIpc) is 2.53. The third-order valence-corrected chi connectivity index (χ3v) is 5.43. The van der Waals surface area contributed by atoms with E-state index in [0.717, 1.165) is 27.3 Å². The highest BCUT2D eigenvalue weighted by Gasteiger charge is 2.17. The van der Waals surface area contributed by atoms with Crippen molar-refractivity contribution in [3.8, 4) is 0 Å². The molecule has 0 amide bonds. The summed E-state index contributed by atoms with van der Waals surface area (Å²) < 4.78 is 6.44. The van der Waals surface area contributed by atoms with Crippen molar-refractivity contribution in [3.05, 3.63) is 62.6 Å². The number of aryl methyl sites for hydroxylation is 2. The summed E-state index contributed by atoms with van der Waals surface area (Å²) in [6.07, 6.45) is 0. The van der Waals surface area contributed by atoms with E-state index >= 15 is 0 Å². The maximum atomic E-state index is 6.18. The van der Waals surface area contributed by atoms with Gasteiger partial charge >= 0.3 is 0 Å². The zero-order chi connectivity index (χ0) is 17.0. The molecule has 1 atom stereocenters. The predicted molar refractivity (Wildman–Crippen MR) is 103 cm³/mol. The summed E-state index contributed by atoms with van der Waals surface area (Å²) in [7, 11) is 1.73. The molecule has 0 heterocycles. The summed E-state index contributed by atoms with van der Waals surface area (Å²) in [5.41, 5.74) is 4.76.